The van der Waals surface area contributed by atoms with E-state index >= 15 is 0 Å². The molecule has 2 aliphatic carbocycles. The summed E-state index contributed by atoms with van der Waals surface area (Å²) in [6.45, 7) is 4.09. The first-order valence-electron chi connectivity index (χ1n) is 15.4. The number of hydrogen-bond donors (Lipinski definition) is 1. The van der Waals surface area contributed by atoms with Gasteiger partial charge in [0, 0.05) is 18.8 Å². The first-order chi connectivity index (χ1) is 21.2. The number of phenols is 1. The highest BCUT2D eigenvalue weighted by Gasteiger charge is 2.56. The summed E-state index contributed by atoms with van der Waals surface area (Å²) in [5.41, 5.74) is 4.32. The highest BCUT2D eigenvalue weighted by molar-refractivity contribution is 7.91. The quantitative estimate of drug-likeness (QED) is 0.0953. The summed E-state index contributed by atoms with van der Waals surface area (Å²) in [5.74, 6) is -3.67. The fourth-order valence-corrected chi connectivity index (χ4v) is 7.73. The number of rotatable bonds is 14. The molecular weight excluding hydrogens is 615 g/mol. The molecule has 1 unspecified atom stereocenters. The van der Waals surface area contributed by atoms with Crippen molar-refractivity contribution in [2.45, 2.75) is 89.8 Å². The van der Waals surface area contributed by atoms with Gasteiger partial charge in [-0.05, 0) is 104 Å². The van der Waals surface area contributed by atoms with E-state index in [1.807, 2.05) is 36.4 Å². The number of alkyl halides is 5. The van der Waals surface area contributed by atoms with E-state index in [-0.39, 0.29) is 34.7 Å². The van der Waals surface area contributed by atoms with Crippen molar-refractivity contribution in [1.82, 2.24) is 0 Å². The second kappa shape index (κ2) is 14.8. The highest BCUT2D eigenvalue weighted by atomic mass is 32.2. The molecule has 1 N–H and O–H groups in total. The van der Waals surface area contributed by atoms with Gasteiger partial charge in [0.1, 0.15) is 29.1 Å². The first kappa shape index (κ1) is 35.1. The second-order valence-corrected chi connectivity index (χ2v) is 14.0. The molecule has 11 heteroatoms. The van der Waals surface area contributed by atoms with Crippen LogP contribution in [0.1, 0.15) is 82.8 Å². The van der Waals surface area contributed by atoms with E-state index in [9.17, 15) is 36.4 Å². The molecule has 1 saturated carbocycles. The van der Waals surface area contributed by atoms with Gasteiger partial charge in [0.05, 0.1) is 6.61 Å². The van der Waals surface area contributed by atoms with Gasteiger partial charge >= 0.3 is 18.1 Å². The standard InChI is InChI=1S/C34H41F5O5S/c1-23(40)44-31-16-11-26-21-29(24-7-12-27(41)13-8-24)30(22-32(26,31)2)25-9-14-28(15-10-25)43-18-4-3-5-19-45(42)20-6-17-33(35,36)34(37,38)39/h7-10,12-15,26,31,41H,3-6,11,16-22H2,1-2H3/t26-,31-,32-,45?/m0/s1. The van der Waals surface area contributed by atoms with Crippen LogP contribution in [0.2, 0.25) is 0 Å². The van der Waals surface area contributed by atoms with E-state index in [2.05, 4.69) is 6.92 Å². The third-order valence-electron chi connectivity index (χ3n) is 9.11. The maximum Gasteiger partial charge on any atom is 0.453 e. The smallest absolute Gasteiger partial charge is 0.453 e. The number of carbonyl (C=O) groups excluding carboxylic acids is 1. The molecule has 4 atom stereocenters. The van der Waals surface area contributed by atoms with E-state index in [1.54, 1.807) is 12.1 Å². The minimum Gasteiger partial charge on any atom is -0.616 e. The number of aromatic hydroxyl groups is 1. The lowest BCUT2D eigenvalue weighted by molar-refractivity contribution is -0.284. The molecule has 0 saturated heterocycles. The number of fused-ring (bicyclic) bond motifs is 1. The Bertz CT molecular complexity index is 1310. The predicted octanol–water partition coefficient (Wildman–Crippen LogP) is 8.72. The van der Waals surface area contributed by atoms with Crippen molar-refractivity contribution >= 4 is 28.3 Å². The van der Waals surface area contributed by atoms with Crippen LogP contribution in [-0.4, -0.2) is 51.9 Å². The first-order valence-corrected chi connectivity index (χ1v) is 16.9. The van der Waals surface area contributed by atoms with Crippen LogP contribution in [-0.2, 0) is 20.7 Å². The Hall–Kier alpha value is -2.79. The van der Waals surface area contributed by atoms with Crippen molar-refractivity contribution in [3.63, 3.8) is 0 Å². The Morgan fingerprint density at radius 2 is 1.56 bits per heavy atom. The van der Waals surface area contributed by atoms with Gasteiger partial charge in [-0.15, -0.1) is 0 Å². The van der Waals surface area contributed by atoms with E-state index in [1.165, 1.54) is 18.1 Å². The van der Waals surface area contributed by atoms with Crippen LogP contribution in [0.3, 0.4) is 0 Å². The number of esters is 1. The van der Waals surface area contributed by atoms with Crippen LogP contribution in [0.4, 0.5) is 22.0 Å². The van der Waals surface area contributed by atoms with Crippen molar-refractivity contribution in [3.8, 4) is 11.5 Å². The fraction of sp³-hybridized carbons (Fsp3) is 0.559. The third kappa shape index (κ3) is 8.93. The number of unbranched alkanes of at least 4 members (excludes halogenated alkanes) is 2. The number of phenolic OH excluding ortho intramolecular Hbond substituents is 1. The molecule has 1 fully saturated rings. The monoisotopic (exact) mass is 656 g/mol. The Labute approximate surface area is 264 Å². The summed E-state index contributed by atoms with van der Waals surface area (Å²) < 4.78 is 86.3. The van der Waals surface area contributed by atoms with Gasteiger partial charge in [0.2, 0.25) is 0 Å². The van der Waals surface area contributed by atoms with Crippen LogP contribution in [0.15, 0.2) is 48.5 Å². The largest absolute Gasteiger partial charge is 0.616 e. The van der Waals surface area contributed by atoms with Gasteiger partial charge < -0.3 is 19.1 Å². The third-order valence-corrected chi connectivity index (χ3v) is 10.6. The summed E-state index contributed by atoms with van der Waals surface area (Å²) in [5, 5.41) is 9.85. The molecular formula is C34H41F5O5S. The van der Waals surface area contributed by atoms with Crippen LogP contribution < -0.4 is 4.74 Å². The van der Waals surface area contributed by atoms with E-state index in [0.29, 0.717) is 37.5 Å². The molecule has 45 heavy (non-hydrogen) atoms. The normalized spacial score (nSPS) is 22.7. The number of ether oxygens (including phenoxy) is 2. The minimum atomic E-state index is -5.58. The average molecular weight is 657 g/mol. The summed E-state index contributed by atoms with van der Waals surface area (Å²) in [4.78, 5) is 11.9. The molecule has 2 aromatic carbocycles. The van der Waals surface area contributed by atoms with E-state index in [0.717, 1.165) is 36.8 Å². The molecule has 248 valence electrons. The van der Waals surface area contributed by atoms with Crippen LogP contribution >= 0.6 is 0 Å². The molecule has 0 heterocycles. The number of hydrogen-bond acceptors (Lipinski definition) is 5. The summed E-state index contributed by atoms with van der Waals surface area (Å²) in [6, 6.07) is 15.1. The van der Waals surface area contributed by atoms with E-state index in [4.69, 9.17) is 9.47 Å². The van der Waals surface area contributed by atoms with Crippen LogP contribution in [0, 0.1) is 11.3 Å². The van der Waals surface area contributed by atoms with Crippen LogP contribution in [0.5, 0.6) is 11.5 Å². The van der Waals surface area contributed by atoms with Crippen molar-refractivity contribution in [2.24, 2.45) is 11.3 Å². The van der Waals surface area contributed by atoms with E-state index < -0.39 is 36.1 Å². The predicted molar refractivity (Wildman–Crippen MR) is 164 cm³/mol. The zero-order valence-electron chi connectivity index (χ0n) is 25.6. The zero-order chi connectivity index (χ0) is 32.8. The van der Waals surface area contributed by atoms with Crippen molar-refractivity contribution in [1.29, 1.82) is 0 Å². The molecule has 2 aromatic rings. The average Bonchev–Trinajstić information content (AvgIpc) is 3.28. The zero-order valence-corrected chi connectivity index (χ0v) is 26.5. The molecule has 0 aliphatic heterocycles. The Morgan fingerprint density at radius 1 is 0.933 bits per heavy atom. The maximum atomic E-state index is 13.0. The van der Waals surface area contributed by atoms with Gasteiger partial charge in [-0.3, -0.25) is 4.79 Å². The Kier molecular flexibility index (Phi) is 11.5. The van der Waals surface area contributed by atoms with Gasteiger partial charge in [0.15, 0.2) is 0 Å². The van der Waals surface area contributed by atoms with Gasteiger partial charge in [0.25, 0.3) is 0 Å². The number of halogens is 5. The van der Waals surface area contributed by atoms with Crippen molar-refractivity contribution in [2.75, 3.05) is 18.1 Å². The van der Waals surface area contributed by atoms with Gasteiger partial charge in [-0.2, -0.15) is 22.0 Å². The maximum absolute atomic E-state index is 13.0. The Morgan fingerprint density at radius 3 is 2.20 bits per heavy atom. The summed E-state index contributed by atoms with van der Waals surface area (Å²) in [6.07, 6.45) is -2.18. The van der Waals surface area contributed by atoms with Crippen molar-refractivity contribution in [3.05, 3.63) is 59.7 Å². The Balaban J connectivity index is 1.31. The molecule has 2 aliphatic rings. The lowest BCUT2D eigenvalue weighted by Gasteiger charge is -2.42. The lowest BCUT2D eigenvalue weighted by Crippen LogP contribution is -2.38. The SMILES string of the molecule is CC(=O)O[C@H]1CC[C@H]2CC(c3ccc(O)cc3)=C(c3ccc(OCCCCC[S+]([O-])CCCC(F)(F)C(F)(F)F)cc3)C[C@@]21C. The molecule has 0 bridgehead atoms. The number of carbonyl (C=O) groups is 1. The molecule has 4 rings (SSSR count). The van der Waals surface area contributed by atoms with Gasteiger partial charge in [-0.1, -0.05) is 42.4 Å². The molecule has 0 aromatic heterocycles. The molecule has 0 spiro atoms. The number of allylic oxidation sites excluding steroid dienone is 2. The number of benzene rings is 2. The topological polar surface area (TPSA) is 78.8 Å². The molecule has 0 amide bonds. The highest BCUT2D eigenvalue weighted by Crippen LogP contribution is 2.58. The van der Waals surface area contributed by atoms with Crippen LogP contribution in [0.25, 0.3) is 11.1 Å². The fourth-order valence-electron chi connectivity index (χ4n) is 6.53. The summed E-state index contributed by atoms with van der Waals surface area (Å²) in [7, 11) is 0. The molecule has 0 radical (unpaired) electrons. The second-order valence-electron chi connectivity index (χ2n) is 12.4. The summed E-state index contributed by atoms with van der Waals surface area (Å²) >= 11 is -1.44. The van der Waals surface area contributed by atoms with Gasteiger partial charge in [-0.25, -0.2) is 0 Å². The molecule has 5 nitrogen and oxygen atoms in total. The lowest BCUT2D eigenvalue weighted by atomic mass is 9.64. The van der Waals surface area contributed by atoms with Crippen molar-refractivity contribution < 1.29 is 45.9 Å². The minimum absolute atomic E-state index is 0.143.